The summed E-state index contributed by atoms with van der Waals surface area (Å²) in [6.45, 7) is 6.74. The number of nitrogens with zero attached hydrogens (tertiary/aromatic N) is 4. The summed E-state index contributed by atoms with van der Waals surface area (Å²) >= 11 is 0. The van der Waals surface area contributed by atoms with Gasteiger partial charge in [-0.1, -0.05) is 12.8 Å². The molecule has 8 nitrogen and oxygen atoms in total. The lowest BCUT2D eigenvalue weighted by atomic mass is 10.0. The number of nitrogens with one attached hydrogen (secondary N) is 2. The summed E-state index contributed by atoms with van der Waals surface area (Å²) < 4.78 is 2.13. The summed E-state index contributed by atoms with van der Waals surface area (Å²) in [7, 11) is 6.31. The predicted octanol–water partition coefficient (Wildman–Crippen LogP) is 3.77. The third-order valence-corrected chi connectivity index (χ3v) is 7.21. The molecule has 0 saturated heterocycles. The van der Waals surface area contributed by atoms with E-state index in [1.807, 2.05) is 32.2 Å². The van der Waals surface area contributed by atoms with Crippen molar-refractivity contribution in [3.63, 3.8) is 0 Å². The highest BCUT2D eigenvalue weighted by atomic mass is 16.1. The zero-order chi connectivity index (χ0) is 25.8. The first-order chi connectivity index (χ1) is 17.2. The molecule has 36 heavy (non-hydrogen) atoms. The number of benzene rings is 1. The number of H-pyrrole nitrogens is 1. The number of aromatic nitrogens is 3. The average Bonchev–Trinajstić information content (AvgIpc) is 3.47. The number of fused-ring (bicyclic) bond motifs is 1. The summed E-state index contributed by atoms with van der Waals surface area (Å²) in [6.07, 6.45) is 7.61. The van der Waals surface area contributed by atoms with Gasteiger partial charge in [-0.05, 0) is 96.7 Å². The van der Waals surface area contributed by atoms with Gasteiger partial charge in [-0.2, -0.15) is 5.10 Å². The van der Waals surface area contributed by atoms with Crippen molar-refractivity contribution < 1.29 is 4.79 Å². The molecule has 4 rings (SSSR count). The van der Waals surface area contributed by atoms with Gasteiger partial charge in [-0.15, -0.1) is 0 Å². The monoisotopic (exact) mass is 492 g/mol. The molecule has 194 valence electrons. The predicted molar refractivity (Wildman–Crippen MR) is 144 cm³/mol. The van der Waals surface area contributed by atoms with Gasteiger partial charge in [0.15, 0.2) is 0 Å². The molecule has 0 atom stereocenters. The molecule has 0 radical (unpaired) electrons. The summed E-state index contributed by atoms with van der Waals surface area (Å²) in [5.74, 6) is -0.178. The van der Waals surface area contributed by atoms with E-state index in [1.54, 1.807) is 0 Å². The standard InChI is InChI=1S/C28H40N6O2/c1-19-13-20(2)31-28(36)24(19)16-29-27(35)23-14-21(18-33(5)12-8-11-32(3)4)15-26-25(23)17-30-34(26)22-9-6-7-10-22/h13-15,17,22H,6-12,16,18H2,1-5H3,(H,29,35)(H,31,36). The van der Waals surface area contributed by atoms with Gasteiger partial charge >= 0.3 is 0 Å². The fraction of sp³-hybridized carbons (Fsp3) is 0.536. The Hall–Kier alpha value is -2.97. The van der Waals surface area contributed by atoms with Crippen LogP contribution in [0.5, 0.6) is 0 Å². The molecule has 3 aromatic rings. The van der Waals surface area contributed by atoms with Crippen LogP contribution in [0, 0.1) is 13.8 Å². The molecule has 1 aliphatic carbocycles. The van der Waals surface area contributed by atoms with Gasteiger partial charge in [0.05, 0.1) is 23.3 Å². The van der Waals surface area contributed by atoms with Crippen molar-refractivity contribution in [3.05, 3.63) is 62.7 Å². The molecule has 2 heterocycles. The lowest BCUT2D eigenvalue weighted by Gasteiger charge is -2.19. The molecule has 2 N–H and O–H groups in total. The van der Waals surface area contributed by atoms with E-state index >= 15 is 0 Å². The highest BCUT2D eigenvalue weighted by molar-refractivity contribution is 6.06. The molecule has 1 amide bonds. The van der Waals surface area contributed by atoms with E-state index in [9.17, 15) is 9.59 Å². The maximum atomic E-state index is 13.5. The normalized spacial score (nSPS) is 14.4. The highest BCUT2D eigenvalue weighted by Gasteiger charge is 2.22. The van der Waals surface area contributed by atoms with Crippen LogP contribution in [0.1, 0.15) is 70.9 Å². The Balaban J connectivity index is 1.61. The summed E-state index contributed by atoms with van der Waals surface area (Å²) in [4.78, 5) is 33.2. The number of hydrogen-bond donors (Lipinski definition) is 2. The van der Waals surface area contributed by atoms with Crippen LogP contribution < -0.4 is 10.9 Å². The topological polar surface area (TPSA) is 86.3 Å². The lowest BCUT2D eigenvalue weighted by molar-refractivity contribution is 0.0952. The molecular formula is C28H40N6O2. The van der Waals surface area contributed by atoms with Crippen molar-refractivity contribution >= 4 is 16.8 Å². The van der Waals surface area contributed by atoms with Gasteiger partial charge in [0.2, 0.25) is 0 Å². The van der Waals surface area contributed by atoms with Crippen LogP contribution in [0.4, 0.5) is 0 Å². The van der Waals surface area contributed by atoms with E-state index in [-0.39, 0.29) is 18.0 Å². The molecule has 8 heteroatoms. The molecule has 0 bridgehead atoms. The average molecular weight is 493 g/mol. The quantitative estimate of drug-likeness (QED) is 0.450. The van der Waals surface area contributed by atoms with Crippen LogP contribution >= 0.6 is 0 Å². The molecule has 1 fully saturated rings. The van der Waals surface area contributed by atoms with E-state index < -0.39 is 0 Å². The number of aromatic amines is 1. The number of pyridine rings is 1. The number of aryl methyl sites for hydroxylation is 2. The van der Waals surface area contributed by atoms with Crippen molar-refractivity contribution in [2.45, 2.75) is 65.1 Å². The molecule has 0 unspecified atom stereocenters. The molecule has 0 aliphatic heterocycles. The van der Waals surface area contributed by atoms with Gasteiger partial charge < -0.3 is 20.1 Å². The second-order valence-corrected chi connectivity index (χ2v) is 10.6. The molecule has 0 spiro atoms. The third kappa shape index (κ3) is 6.05. The molecule has 1 aromatic carbocycles. The van der Waals surface area contributed by atoms with Crippen LogP contribution in [-0.4, -0.2) is 64.7 Å². The minimum atomic E-state index is -0.178. The maximum absolute atomic E-state index is 13.5. The summed E-state index contributed by atoms with van der Waals surface area (Å²) in [5, 5.41) is 8.60. The first-order valence-corrected chi connectivity index (χ1v) is 13.0. The van der Waals surface area contributed by atoms with Gasteiger partial charge in [0, 0.05) is 29.7 Å². The lowest BCUT2D eigenvalue weighted by Crippen LogP contribution is -2.28. The van der Waals surface area contributed by atoms with Crippen molar-refractivity contribution in [1.29, 1.82) is 0 Å². The van der Waals surface area contributed by atoms with Crippen LogP contribution in [0.25, 0.3) is 10.9 Å². The van der Waals surface area contributed by atoms with Crippen molar-refractivity contribution in [2.24, 2.45) is 0 Å². The van der Waals surface area contributed by atoms with Crippen LogP contribution in [0.2, 0.25) is 0 Å². The Labute approximate surface area is 213 Å². The summed E-state index contributed by atoms with van der Waals surface area (Å²) in [6, 6.07) is 6.52. The largest absolute Gasteiger partial charge is 0.348 e. The van der Waals surface area contributed by atoms with Gasteiger partial charge in [0.25, 0.3) is 11.5 Å². The zero-order valence-corrected chi connectivity index (χ0v) is 22.4. The SMILES string of the molecule is Cc1cc(C)c(CNC(=O)c2cc(CN(C)CCCN(C)C)cc3c2cnn3C2CCCC2)c(=O)[nH]1. The third-order valence-electron chi connectivity index (χ3n) is 7.21. The Morgan fingerprint density at radius 1 is 1.14 bits per heavy atom. The van der Waals surface area contributed by atoms with Gasteiger partial charge in [0.1, 0.15) is 0 Å². The number of carbonyl (C=O) groups is 1. The summed E-state index contributed by atoms with van der Waals surface area (Å²) in [5.41, 5.74) is 4.87. The Kier molecular flexibility index (Phi) is 8.26. The van der Waals surface area contributed by atoms with E-state index in [4.69, 9.17) is 5.10 Å². The fourth-order valence-electron chi connectivity index (χ4n) is 5.34. The molecule has 1 aliphatic rings. The second-order valence-electron chi connectivity index (χ2n) is 10.6. The van der Waals surface area contributed by atoms with Gasteiger partial charge in [-0.3, -0.25) is 14.3 Å². The minimum Gasteiger partial charge on any atom is -0.348 e. The first-order valence-electron chi connectivity index (χ1n) is 13.0. The number of amides is 1. The van der Waals surface area contributed by atoms with Crippen molar-refractivity contribution in [2.75, 3.05) is 34.2 Å². The molecule has 2 aromatic heterocycles. The Morgan fingerprint density at radius 3 is 2.58 bits per heavy atom. The highest BCUT2D eigenvalue weighted by Crippen LogP contribution is 2.33. The van der Waals surface area contributed by atoms with E-state index in [0.717, 1.165) is 66.6 Å². The number of rotatable bonds is 10. The number of carbonyl (C=O) groups excluding carboxylic acids is 1. The fourth-order valence-corrected chi connectivity index (χ4v) is 5.34. The Morgan fingerprint density at radius 2 is 1.89 bits per heavy atom. The smallest absolute Gasteiger partial charge is 0.253 e. The minimum absolute atomic E-state index is 0.153. The number of hydrogen-bond acceptors (Lipinski definition) is 5. The second kappa shape index (κ2) is 11.4. The van der Waals surface area contributed by atoms with E-state index in [1.165, 1.54) is 12.8 Å². The zero-order valence-electron chi connectivity index (χ0n) is 22.4. The van der Waals surface area contributed by atoms with Crippen LogP contribution in [0.15, 0.2) is 29.2 Å². The Bertz CT molecular complexity index is 1270. The van der Waals surface area contributed by atoms with E-state index in [2.05, 4.69) is 52.0 Å². The van der Waals surface area contributed by atoms with Gasteiger partial charge in [-0.25, -0.2) is 0 Å². The van der Waals surface area contributed by atoms with Crippen molar-refractivity contribution in [3.8, 4) is 0 Å². The van der Waals surface area contributed by atoms with Crippen LogP contribution in [0.3, 0.4) is 0 Å². The van der Waals surface area contributed by atoms with Crippen molar-refractivity contribution in [1.82, 2.24) is 29.9 Å². The maximum Gasteiger partial charge on any atom is 0.253 e. The molecular weight excluding hydrogens is 452 g/mol. The van der Waals surface area contributed by atoms with Crippen LogP contribution in [-0.2, 0) is 13.1 Å². The first kappa shape index (κ1) is 26.1. The molecule has 1 saturated carbocycles. The van der Waals surface area contributed by atoms with E-state index in [0.29, 0.717) is 17.2 Å².